The van der Waals surface area contributed by atoms with Crippen LogP contribution in [0.3, 0.4) is 0 Å². The van der Waals surface area contributed by atoms with Gasteiger partial charge in [-0.25, -0.2) is 4.39 Å². The summed E-state index contributed by atoms with van der Waals surface area (Å²) in [5.41, 5.74) is -0.847. The molecule has 0 saturated heterocycles. The Morgan fingerprint density at radius 2 is 2.09 bits per heavy atom. The zero-order chi connectivity index (χ0) is 17.0. The fourth-order valence-electron chi connectivity index (χ4n) is 1.85. The molecule has 0 aliphatic rings. The van der Waals surface area contributed by atoms with Crippen LogP contribution in [0, 0.1) is 15.9 Å². The third kappa shape index (κ3) is 4.13. The molecule has 0 fully saturated rings. The second-order valence-electron chi connectivity index (χ2n) is 4.60. The van der Waals surface area contributed by atoms with Crippen LogP contribution in [-0.2, 0) is 17.9 Å². The van der Waals surface area contributed by atoms with Gasteiger partial charge in [-0.3, -0.25) is 24.3 Å². The first-order chi connectivity index (χ1) is 10.9. The molecule has 120 valence electrons. The van der Waals surface area contributed by atoms with Crippen molar-refractivity contribution in [2.24, 2.45) is 0 Å². The van der Waals surface area contributed by atoms with Crippen molar-refractivity contribution in [1.82, 2.24) is 9.88 Å². The Kier molecular flexibility index (Phi) is 5.07. The van der Waals surface area contributed by atoms with Crippen molar-refractivity contribution in [3.8, 4) is 0 Å². The second kappa shape index (κ2) is 7.01. The third-order valence-electron chi connectivity index (χ3n) is 2.99. The number of aromatic nitrogens is 1. The van der Waals surface area contributed by atoms with Gasteiger partial charge in [-0.05, 0) is 6.07 Å². The smallest absolute Gasteiger partial charge is 0.287 e. The van der Waals surface area contributed by atoms with Gasteiger partial charge < -0.3 is 5.32 Å². The van der Waals surface area contributed by atoms with Crippen LogP contribution in [0.2, 0.25) is 5.02 Å². The fraction of sp³-hybridized carbons (Fsp3) is 0.143. The second-order valence-corrected chi connectivity index (χ2v) is 5.01. The molecule has 0 bridgehead atoms. The first-order valence-corrected chi connectivity index (χ1v) is 6.81. The van der Waals surface area contributed by atoms with Crippen molar-refractivity contribution < 1.29 is 14.1 Å². The van der Waals surface area contributed by atoms with E-state index in [4.69, 9.17) is 11.6 Å². The fourth-order valence-corrected chi connectivity index (χ4v) is 2.07. The number of nitrogens with one attached hydrogen (secondary N) is 1. The van der Waals surface area contributed by atoms with E-state index in [0.29, 0.717) is 0 Å². The first kappa shape index (κ1) is 16.6. The van der Waals surface area contributed by atoms with Gasteiger partial charge in [0.1, 0.15) is 17.4 Å². The van der Waals surface area contributed by atoms with Crippen LogP contribution >= 0.6 is 11.6 Å². The number of hydrogen-bond acceptors (Lipinski definition) is 4. The molecule has 1 aromatic carbocycles. The number of carbonyl (C=O) groups is 1. The van der Waals surface area contributed by atoms with E-state index in [1.54, 1.807) is 6.07 Å². The lowest BCUT2D eigenvalue weighted by molar-refractivity contribution is -0.385. The summed E-state index contributed by atoms with van der Waals surface area (Å²) < 4.78 is 14.3. The predicted octanol–water partition coefficient (Wildman–Crippen LogP) is 1.87. The summed E-state index contributed by atoms with van der Waals surface area (Å²) in [5, 5.41) is 12.8. The molecule has 0 aliphatic carbocycles. The largest absolute Gasteiger partial charge is 0.350 e. The van der Waals surface area contributed by atoms with Gasteiger partial charge in [-0.15, -0.1) is 0 Å². The Morgan fingerprint density at radius 3 is 2.74 bits per heavy atom. The van der Waals surface area contributed by atoms with Gasteiger partial charge in [-0.1, -0.05) is 29.8 Å². The normalized spacial score (nSPS) is 10.3. The van der Waals surface area contributed by atoms with Crippen LogP contribution in [0.25, 0.3) is 0 Å². The molecule has 9 heteroatoms. The highest BCUT2D eigenvalue weighted by Gasteiger charge is 2.14. The Balaban J connectivity index is 2.10. The molecular formula is C14H11ClFN3O4. The van der Waals surface area contributed by atoms with Gasteiger partial charge in [0.25, 0.3) is 11.2 Å². The number of nitrogens with zero attached hydrogens (tertiary/aromatic N) is 2. The number of halogens is 2. The number of rotatable bonds is 5. The highest BCUT2D eigenvalue weighted by atomic mass is 35.5. The maximum Gasteiger partial charge on any atom is 0.287 e. The van der Waals surface area contributed by atoms with E-state index in [0.717, 1.165) is 16.8 Å². The molecule has 1 N–H and O–H groups in total. The molecule has 0 unspecified atom stereocenters. The minimum atomic E-state index is -0.724. The standard InChI is InChI=1S/C14H11ClFN3O4/c15-11-5-10(19(22)23)7-18(14(11)21)8-13(20)17-6-9-3-1-2-4-12(9)16/h1-5,7H,6,8H2,(H,17,20). The van der Waals surface area contributed by atoms with Crippen molar-refractivity contribution in [3.63, 3.8) is 0 Å². The van der Waals surface area contributed by atoms with Crippen LogP contribution < -0.4 is 10.9 Å². The lowest BCUT2D eigenvalue weighted by atomic mass is 10.2. The Bertz CT molecular complexity index is 822. The number of benzene rings is 1. The Morgan fingerprint density at radius 1 is 1.39 bits per heavy atom. The minimum absolute atomic E-state index is 0.0666. The Labute approximate surface area is 134 Å². The lowest BCUT2D eigenvalue weighted by Crippen LogP contribution is -2.32. The average molecular weight is 340 g/mol. The van der Waals surface area contributed by atoms with Crippen LogP contribution in [-0.4, -0.2) is 15.4 Å². The number of amides is 1. The van der Waals surface area contributed by atoms with Gasteiger partial charge in [0, 0.05) is 18.2 Å². The summed E-state index contributed by atoms with van der Waals surface area (Å²) >= 11 is 5.62. The topological polar surface area (TPSA) is 94.2 Å². The number of nitro groups is 1. The van der Waals surface area contributed by atoms with Crippen molar-refractivity contribution in [2.45, 2.75) is 13.1 Å². The van der Waals surface area contributed by atoms with Gasteiger partial charge in [0.2, 0.25) is 5.91 Å². The Hall–Kier alpha value is -2.74. The SMILES string of the molecule is O=C(Cn1cc([N+](=O)[O-])cc(Cl)c1=O)NCc1ccccc1F. The molecular weight excluding hydrogens is 329 g/mol. The molecule has 0 radical (unpaired) electrons. The molecule has 1 heterocycles. The van der Waals surface area contributed by atoms with Crippen molar-refractivity contribution >= 4 is 23.2 Å². The van der Waals surface area contributed by atoms with Gasteiger partial charge in [0.15, 0.2) is 0 Å². The highest BCUT2D eigenvalue weighted by Crippen LogP contribution is 2.13. The molecule has 0 atom stereocenters. The molecule has 23 heavy (non-hydrogen) atoms. The quantitative estimate of drug-likeness (QED) is 0.664. The monoisotopic (exact) mass is 339 g/mol. The summed E-state index contributed by atoms with van der Waals surface area (Å²) in [6.07, 6.45) is 0.927. The zero-order valence-electron chi connectivity index (χ0n) is 11.7. The van der Waals surface area contributed by atoms with Crippen LogP contribution in [0.1, 0.15) is 5.56 Å². The van der Waals surface area contributed by atoms with Crippen molar-refractivity contribution in [3.05, 3.63) is 73.4 Å². The maximum atomic E-state index is 13.4. The lowest BCUT2D eigenvalue weighted by Gasteiger charge is -2.08. The van der Waals surface area contributed by atoms with E-state index < -0.39 is 34.4 Å². The van der Waals surface area contributed by atoms with Gasteiger partial charge in [-0.2, -0.15) is 0 Å². The van der Waals surface area contributed by atoms with E-state index in [2.05, 4.69) is 5.32 Å². The molecule has 2 rings (SSSR count). The third-order valence-corrected chi connectivity index (χ3v) is 3.26. The summed E-state index contributed by atoms with van der Waals surface area (Å²) in [5.74, 6) is -1.07. The average Bonchev–Trinajstić information content (AvgIpc) is 2.50. The molecule has 0 saturated carbocycles. The summed E-state index contributed by atoms with van der Waals surface area (Å²) in [4.78, 5) is 33.6. The van der Waals surface area contributed by atoms with Crippen molar-refractivity contribution in [1.29, 1.82) is 0 Å². The van der Waals surface area contributed by atoms with Crippen LogP contribution in [0.15, 0.2) is 41.3 Å². The van der Waals surface area contributed by atoms with E-state index >= 15 is 0 Å². The molecule has 7 nitrogen and oxygen atoms in total. The summed E-state index contributed by atoms with van der Waals surface area (Å²) in [6.45, 7) is -0.530. The number of carbonyl (C=O) groups excluding carboxylic acids is 1. The van der Waals surface area contributed by atoms with Gasteiger partial charge in [0.05, 0.1) is 11.1 Å². The predicted molar refractivity (Wildman–Crippen MR) is 80.6 cm³/mol. The van der Waals surface area contributed by atoms with E-state index in [1.165, 1.54) is 18.2 Å². The number of hydrogen-bond donors (Lipinski definition) is 1. The summed E-state index contributed by atoms with van der Waals surface area (Å²) in [6, 6.07) is 6.82. The maximum absolute atomic E-state index is 13.4. The van der Waals surface area contributed by atoms with Crippen molar-refractivity contribution in [2.75, 3.05) is 0 Å². The summed E-state index contributed by atoms with van der Waals surface area (Å²) in [7, 11) is 0. The molecule has 2 aromatic rings. The van der Waals surface area contributed by atoms with Gasteiger partial charge >= 0.3 is 0 Å². The van der Waals surface area contributed by atoms with E-state index in [1.807, 2.05) is 0 Å². The molecule has 1 amide bonds. The van der Waals surface area contributed by atoms with Crippen LogP contribution in [0.4, 0.5) is 10.1 Å². The highest BCUT2D eigenvalue weighted by molar-refractivity contribution is 6.30. The minimum Gasteiger partial charge on any atom is -0.350 e. The van der Waals surface area contributed by atoms with E-state index in [-0.39, 0.29) is 17.1 Å². The zero-order valence-corrected chi connectivity index (χ0v) is 12.4. The first-order valence-electron chi connectivity index (χ1n) is 6.43. The number of pyridine rings is 1. The molecule has 0 spiro atoms. The van der Waals surface area contributed by atoms with Crippen LogP contribution in [0.5, 0.6) is 0 Å². The molecule has 0 aliphatic heterocycles. The molecule has 1 aromatic heterocycles. The van der Waals surface area contributed by atoms with E-state index in [9.17, 15) is 24.1 Å².